The molecule has 1 fully saturated rings. The van der Waals surface area contributed by atoms with Gasteiger partial charge in [0.15, 0.2) is 1.41 Å². The zero-order valence-corrected chi connectivity index (χ0v) is 17.3. The first-order valence-corrected chi connectivity index (χ1v) is 10.1. The summed E-state index contributed by atoms with van der Waals surface area (Å²) >= 11 is 5.69. The highest BCUT2D eigenvalue weighted by atomic mass is 35.5. The highest BCUT2D eigenvalue weighted by molar-refractivity contribution is 6.30. The number of carbonyl (C=O) groups excluding carboxylic acids is 4. The fourth-order valence-electron chi connectivity index (χ4n) is 3.70. The molecule has 2 aliphatic rings. The smallest absolute Gasteiger partial charge is 0.346 e. The molecule has 2 heterocycles. The van der Waals surface area contributed by atoms with Crippen LogP contribution in [0.1, 0.15) is 41.3 Å². The zero-order chi connectivity index (χ0) is 24.8. The summed E-state index contributed by atoms with van der Waals surface area (Å²) in [6.07, 6.45) is 0.309. The van der Waals surface area contributed by atoms with Crippen LogP contribution in [0.3, 0.4) is 0 Å². The highest BCUT2D eigenvalue weighted by Gasteiger charge is 2.41. The van der Waals surface area contributed by atoms with Crippen LogP contribution in [-0.2, 0) is 33.4 Å². The molecule has 32 heavy (non-hydrogen) atoms. The van der Waals surface area contributed by atoms with E-state index in [9.17, 15) is 28.0 Å². The number of hydrogen-bond donors (Lipinski definition) is 2. The van der Waals surface area contributed by atoms with E-state index in [4.69, 9.17) is 14.4 Å². The third kappa shape index (κ3) is 4.08. The van der Waals surface area contributed by atoms with E-state index in [2.05, 4.69) is 5.32 Å². The van der Waals surface area contributed by atoms with Crippen LogP contribution in [0.15, 0.2) is 42.4 Å². The third-order valence-electron chi connectivity index (χ3n) is 5.37. The van der Waals surface area contributed by atoms with Gasteiger partial charge in [-0.15, -0.1) is 0 Å². The Balaban J connectivity index is 1.49. The fraction of sp³-hybridized carbons (Fsp3) is 0.273. The molecule has 0 bridgehead atoms. The lowest BCUT2D eigenvalue weighted by Gasteiger charge is -2.29. The molecule has 0 aromatic heterocycles. The van der Waals surface area contributed by atoms with Crippen molar-refractivity contribution >= 4 is 35.2 Å². The lowest BCUT2D eigenvalue weighted by molar-refractivity contribution is -0.147. The SMILES string of the molecule is [2H]c1cc(Cl)ccc1C(F)(F)C(=O)N([2H])Cc1ccc2c(c1)CN(C1CCC(=O)NC1=O)C2=O. The van der Waals surface area contributed by atoms with Crippen LogP contribution in [0, 0.1) is 0 Å². The van der Waals surface area contributed by atoms with E-state index in [0.29, 0.717) is 16.7 Å². The van der Waals surface area contributed by atoms with Crippen LogP contribution in [0.25, 0.3) is 0 Å². The summed E-state index contributed by atoms with van der Waals surface area (Å²) in [5.41, 5.74) is 0.309. The van der Waals surface area contributed by atoms with Gasteiger partial charge in [0.1, 0.15) is 6.04 Å². The Hall–Kier alpha value is -3.33. The van der Waals surface area contributed by atoms with Gasteiger partial charge in [0.2, 0.25) is 11.8 Å². The van der Waals surface area contributed by atoms with Gasteiger partial charge in [-0.25, -0.2) is 0 Å². The molecule has 4 rings (SSSR count). The van der Waals surface area contributed by atoms with Gasteiger partial charge in [-0.1, -0.05) is 35.8 Å². The molecule has 10 heteroatoms. The average Bonchev–Trinajstić information content (AvgIpc) is 3.08. The largest absolute Gasteiger partial charge is 0.349 e. The van der Waals surface area contributed by atoms with Crippen LogP contribution in [0.2, 0.25) is 6.43 Å². The van der Waals surface area contributed by atoms with E-state index in [-0.39, 0.29) is 29.7 Å². The first kappa shape index (κ1) is 19.4. The molecule has 1 unspecified atom stereocenters. The second-order valence-electron chi connectivity index (χ2n) is 7.51. The molecule has 2 aromatic carbocycles. The lowest BCUT2D eigenvalue weighted by Crippen LogP contribution is -2.52. The maximum atomic E-state index is 14.7. The number of amides is 4. The van der Waals surface area contributed by atoms with E-state index in [1.165, 1.54) is 23.1 Å². The van der Waals surface area contributed by atoms with E-state index in [0.717, 1.165) is 18.2 Å². The van der Waals surface area contributed by atoms with Crippen molar-refractivity contribution in [3.63, 3.8) is 0 Å². The summed E-state index contributed by atoms with van der Waals surface area (Å²) in [6, 6.07) is 5.99. The van der Waals surface area contributed by atoms with Gasteiger partial charge in [0.05, 0.1) is 1.37 Å². The van der Waals surface area contributed by atoms with Crippen LogP contribution in [-0.4, -0.2) is 34.6 Å². The highest BCUT2D eigenvalue weighted by Crippen LogP contribution is 2.30. The predicted octanol–water partition coefficient (Wildman–Crippen LogP) is 2.51. The number of benzene rings is 2. The van der Waals surface area contributed by atoms with Gasteiger partial charge >= 0.3 is 5.92 Å². The number of nitrogens with one attached hydrogen (secondary N) is 2. The maximum Gasteiger partial charge on any atom is 0.349 e. The number of halogens is 3. The number of piperidine rings is 1. The molecule has 7 nitrogen and oxygen atoms in total. The summed E-state index contributed by atoms with van der Waals surface area (Å²) < 4.78 is 44.9. The second-order valence-corrected chi connectivity index (χ2v) is 7.94. The van der Waals surface area contributed by atoms with E-state index in [1.807, 2.05) is 0 Å². The minimum absolute atomic E-state index is 0.0683. The minimum Gasteiger partial charge on any atom is -0.346 e. The molecule has 2 N–H and O–H groups in total. The van der Waals surface area contributed by atoms with Gasteiger partial charge in [-0.3, -0.25) is 24.5 Å². The number of alkyl halides is 2. The Morgan fingerprint density at radius 3 is 2.78 bits per heavy atom. The molecule has 2 aromatic rings. The van der Waals surface area contributed by atoms with Crippen molar-refractivity contribution in [3.05, 3.63) is 69.7 Å². The molecular formula is C22H18ClF2N3O4. The number of rotatable bonds is 5. The van der Waals surface area contributed by atoms with Crippen LogP contribution in [0.4, 0.5) is 8.78 Å². The first-order chi connectivity index (χ1) is 16.0. The topological polar surface area (TPSA) is 95.6 Å². The van der Waals surface area contributed by atoms with Crippen molar-refractivity contribution in [3.8, 4) is 0 Å². The average molecular weight is 464 g/mol. The number of carbonyl (C=O) groups is 4. The van der Waals surface area contributed by atoms with Gasteiger partial charge < -0.3 is 10.2 Å². The first-order valence-electron chi connectivity index (χ1n) is 10.7. The Kier molecular flexibility index (Phi) is 5.03. The van der Waals surface area contributed by atoms with Crippen molar-refractivity contribution in [2.45, 2.75) is 37.9 Å². The minimum atomic E-state index is -4.11. The molecule has 2 aliphatic heterocycles. The quantitative estimate of drug-likeness (QED) is 0.666. The molecular weight excluding hydrogens is 444 g/mol. The van der Waals surface area contributed by atoms with Crippen LogP contribution < -0.4 is 10.6 Å². The standard InChI is InChI=1S/C22H18ClF2N3O4/c23-15-4-2-14(3-5-15)22(24,25)21(32)26-10-12-1-6-16-13(9-12)11-28(20(16)31)17-7-8-18(29)27-19(17)30/h1-6,9,17H,7-8,10-11H2,(H,26,32)(H,27,29,30)/i2D/hD. The molecule has 0 aliphatic carbocycles. The molecule has 0 saturated carbocycles. The summed E-state index contributed by atoms with van der Waals surface area (Å²) in [6.45, 7) is -0.418. The fourth-order valence-corrected chi connectivity index (χ4v) is 3.82. The van der Waals surface area contributed by atoms with Gasteiger partial charge in [0.25, 0.3) is 11.8 Å². The monoisotopic (exact) mass is 463 g/mol. The Bertz CT molecular complexity index is 1230. The third-order valence-corrected chi connectivity index (χ3v) is 5.61. The van der Waals surface area contributed by atoms with Crippen LogP contribution in [0.5, 0.6) is 0 Å². The number of fused-ring (bicyclic) bond motifs is 1. The Morgan fingerprint density at radius 2 is 2.06 bits per heavy atom. The van der Waals surface area contributed by atoms with E-state index >= 15 is 0 Å². The Morgan fingerprint density at radius 1 is 1.28 bits per heavy atom. The lowest BCUT2D eigenvalue weighted by atomic mass is 10.0. The predicted molar refractivity (Wildman–Crippen MR) is 110 cm³/mol. The summed E-state index contributed by atoms with van der Waals surface area (Å²) in [5.74, 6) is -7.28. The molecule has 4 amide bonds. The molecule has 1 atom stereocenters. The van der Waals surface area contributed by atoms with Crippen molar-refractivity contribution < 1.29 is 30.7 Å². The molecule has 166 valence electrons. The van der Waals surface area contributed by atoms with Crippen molar-refractivity contribution in [2.75, 3.05) is 0 Å². The van der Waals surface area contributed by atoms with Crippen molar-refractivity contribution in [2.24, 2.45) is 0 Å². The van der Waals surface area contributed by atoms with Crippen molar-refractivity contribution in [1.82, 2.24) is 15.5 Å². The van der Waals surface area contributed by atoms with E-state index in [1.54, 1.807) is 0 Å². The molecule has 0 radical (unpaired) electrons. The normalized spacial score (nSPS) is 19.3. The van der Waals surface area contributed by atoms with E-state index < -0.39 is 53.7 Å². The van der Waals surface area contributed by atoms with Gasteiger partial charge in [-0.2, -0.15) is 8.78 Å². The maximum absolute atomic E-state index is 14.7. The second kappa shape index (κ2) is 8.31. The number of hydrogen-bond acceptors (Lipinski definition) is 4. The summed E-state index contributed by atoms with van der Waals surface area (Å²) in [4.78, 5) is 49.9. The zero-order valence-electron chi connectivity index (χ0n) is 18.5. The van der Waals surface area contributed by atoms with Gasteiger partial charge in [0, 0.05) is 35.7 Å². The van der Waals surface area contributed by atoms with Crippen LogP contribution >= 0.6 is 11.6 Å². The summed E-state index contributed by atoms with van der Waals surface area (Å²) in [5, 5.41) is 2.38. The number of nitrogens with zero attached hydrogens (tertiary/aromatic N) is 1. The number of imide groups is 1. The molecule has 1 saturated heterocycles. The summed E-state index contributed by atoms with van der Waals surface area (Å²) in [7, 11) is 0. The molecule has 0 spiro atoms. The Labute approximate surface area is 189 Å². The van der Waals surface area contributed by atoms with Crippen molar-refractivity contribution in [1.29, 1.82) is 0 Å². The van der Waals surface area contributed by atoms with Gasteiger partial charge in [-0.05, 0) is 35.7 Å².